The van der Waals surface area contributed by atoms with Crippen LogP contribution in [0.1, 0.15) is 37.7 Å². The number of carbonyl (C=O) groups excluding carboxylic acids is 1. The van der Waals surface area contributed by atoms with Crippen molar-refractivity contribution < 1.29 is 4.79 Å². The second-order valence-electron chi connectivity index (χ2n) is 7.03. The highest BCUT2D eigenvalue weighted by atomic mass is 32.2. The van der Waals surface area contributed by atoms with Crippen LogP contribution in [0.4, 0.5) is 0 Å². The van der Waals surface area contributed by atoms with Gasteiger partial charge in [0.25, 0.3) is 0 Å². The Bertz CT molecular complexity index is 889. The standard InChI is InChI=1S/C22H27N3OS/c1-16(2)22(26)24-19(13-14-27-3)21-23-18-11-7-8-12-20(18)25(21)15-17-9-5-4-6-10-17/h4-12,16,19H,13-15H2,1-3H3,(H,24,26)/t19-/m0/s1. The van der Waals surface area contributed by atoms with E-state index in [0.717, 1.165) is 35.6 Å². The van der Waals surface area contributed by atoms with Crippen LogP contribution in [0, 0.1) is 5.92 Å². The number of aromatic nitrogens is 2. The van der Waals surface area contributed by atoms with Gasteiger partial charge in [-0.15, -0.1) is 0 Å². The van der Waals surface area contributed by atoms with Crippen molar-refractivity contribution in [3.63, 3.8) is 0 Å². The van der Waals surface area contributed by atoms with Gasteiger partial charge in [0.15, 0.2) is 0 Å². The fourth-order valence-electron chi connectivity index (χ4n) is 3.13. The van der Waals surface area contributed by atoms with Crippen molar-refractivity contribution in [2.24, 2.45) is 5.92 Å². The summed E-state index contributed by atoms with van der Waals surface area (Å²) in [6, 6.07) is 18.5. The second kappa shape index (κ2) is 9.09. The average molecular weight is 382 g/mol. The van der Waals surface area contributed by atoms with Gasteiger partial charge < -0.3 is 9.88 Å². The van der Waals surface area contributed by atoms with Crippen LogP contribution in [0.5, 0.6) is 0 Å². The molecule has 0 unspecified atom stereocenters. The third kappa shape index (κ3) is 4.72. The van der Waals surface area contributed by atoms with E-state index in [1.165, 1.54) is 5.56 Å². The van der Waals surface area contributed by atoms with E-state index in [2.05, 4.69) is 46.5 Å². The third-order valence-corrected chi connectivity index (χ3v) is 5.27. The first-order valence-corrected chi connectivity index (χ1v) is 10.8. The van der Waals surface area contributed by atoms with Gasteiger partial charge in [0.1, 0.15) is 5.82 Å². The molecule has 2 aromatic carbocycles. The summed E-state index contributed by atoms with van der Waals surface area (Å²) < 4.78 is 2.25. The van der Waals surface area contributed by atoms with Crippen molar-refractivity contribution in [3.05, 3.63) is 66.0 Å². The number of hydrogen-bond donors (Lipinski definition) is 1. The Morgan fingerprint density at radius 1 is 1.11 bits per heavy atom. The van der Waals surface area contributed by atoms with Crippen molar-refractivity contribution in [1.29, 1.82) is 0 Å². The molecule has 3 aromatic rings. The van der Waals surface area contributed by atoms with Crippen LogP contribution in [-0.4, -0.2) is 27.5 Å². The van der Waals surface area contributed by atoms with Crippen LogP contribution in [0.25, 0.3) is 11.0 Å². The number of nitrogens with zero attached hydrogens (tertiary/aromatic N) is 2. The molecule has 142 valence electrons. The number of carbonyl (C=O) groups is 1. The molecule has 5 heteroatoms. The number of fused-ring (bicyclic) bond motifs is 1. The fraction of sp³-hybridized carbons (Fsp3) is 0.364. The molecule has 0 saturated heterocycles. The maximum Gasteiger partial charge on any atom is 0.223 e. The highest BCUT2D eigenvalue weighted by Crippen LogP contribution is 2.25. The number of amides is 1. The van der Waals surface area contributed by atoms with Crippen LogP contribution >= 0.6 is 11.8 Å². The molecule has 3 rings (SSSR count). The maximum absolute atomic E-state index is 12.4. The Kier molecular flexibility index (Phi) is 6.56. The number of imidazole rings is 1. The zero-order chi connectivity index (χ0) is 19.2. The van der Waals surface area contributed by atoms with Gasteiger partial charge in [0.2, 0.25) is 5.91 Å². The monoisotopic (exact) mass is 381 g/mol. The highest BCUT2D eigenvalue weighted by molar-refractivity contribution is 7.98. The zero-order valence-electron chi connectivity index (χ0n) is 16.2. The number of hydrogen-bond acceptors (Lipinski definition) is 3. The number of benzene rings is 2. The number of nitrogens with one attached hydrogen (secondary N) is 1. The van der Waals surface area contributed by atoms with Crippen molar-refractivity contribution >= 4 is 28.7 Å². The van der Waals surface area contributed by atoms with E-state index in [1.807, 2.05) is 38.1 Å². The van der Waals surface area contributed by atoms with Gasteiger partial charge in [-0.1, -0.05) is 56.3 Å². The Morgan fingerprint density at radius 2 is 1.81 bits per heavy atom. The Labute approximate surface area is 165 Å². The van der Waals surface area contributed by atoms with Crippen molar-refractivity contribution in [3.8, 4) is 0 Å². The van der Waals surface area contributed by atoms with Crippen molar-refractivity contribution in [2.45, 2.75) is 32.9 Å². The summed E-state index contributed by atoms with van der Waals surface area (Å²) in [5, 5.41) is 3.22. The lowest BCUT2D eigenvalue weighted by Gasteiger charge is -2.21. The minimum atomic E-state index is -0.0940. The zero-order valence-corrected chi connectivity index (χ0v) is 17.0. The Balaban J connectivity index is 2.03. The number of thioether (sulfide) groups is 1. The molecule has 0 aliphatic rings. The largest absolute Gasteiger partial charge is 0.346 e. The minimum absolute atomic E-state index is 0.0475. The first kappa shape index (κ1) is 19.5. The lowest BCUT2D eigenvalue weighted by atomic mass is 10.1. The summed E-state index contributed by atoms with van der Waals surface area (Å²) in [4.78, 5) is 17.3. The summed E-state index contributed by atoms with van der Waals surface area (Å²) >= 11 is 1.79. The second-order valence-corrected chi connectivity index (χ2v) is 8.01. The van der Waals surface area contributed by atoms with Gasteiger partial charge in [-0.2, -0.15) is 11.8 Å². The SMILES string of the molecule is CSCC[C@H](NC(=O)C(C)C)c1nc2ccccc2n1Cc1ccccc1. The molecule has 0 aliphatic heterocycles. The van der Waals surface area contributed by atoms with Crippen LogP contribution in [0.2, 0.25) is 0 Å². The first-order chi connectivity index (χ1) is 13.1. The molecule has 4 nitrogen and oxygen atoms in total. The Morgan fingerprint density at radius 3 is 2.52 bits per heavy atom. The molecule has 27 heavy (non-hydrogen) atoms. The van der Waals surface area contributed by atoms with Gasteiger partial charge in [0.05, 0.1) is 17.1 Å². The van der Waals surface area contributed by atoms with E-state index < -0.39 is 0 Å². The molecule has 0 fully saturated rings. The van der Waals surface area contributed by atoms with Gasteiger partial charge >= 0.3 is 0 Å². The van der Waals surface area contributed by atoms with Crippen molar-refractivity contribution in [2.75, 3.05) is 12.0 Å². The molecule has 0 saturated carbocycles. The van der Waals surface area contributed by atoms with Gasteiger partial charge in [-0.05, 0) is 36.1 Å². The van der Waals surface area contributed by atoms with E-state index in [1.54, 1.807) is 11.8 Å². The first-order valence-electron chi connectivity index (χ1n) is 9.38. The molecule has 0 aliphatic carbocycles. The van der Waals surface area contributed by atoms with Gasteiger partial charge in [-0.25, -0.2) is 4.98 Å². The summed E-state index contributed by atoms with van der Waals surface area (Å²) in [7, 11) is 0. The maximum atomic E-state index is 12.4. The van der Waals surface area contributed by atoms with E-state index in [9.17, 15) is 4.79 Å². The fourth-order valence-corrected chi connectivity index (χ4v) is 3.60. The predicted molar refractivity (Wildman–Crippen MR) is 114 cm³/mol. The van der Waals surface area contributed by atoms with E-state index in [-0.39, 0.29) is 17.9 Å². The number of para-hydroxylation sites is 2. The van der Waals surface area contributed by atoms with E-state index >= 15 is 0 Å². The lowest BCUT2D eigenvalue weighted by molar-refractivity contribution is -0.124. The van der Waals surface area contributed by atoms with E-state index in [4.69, 9.17) is 4.98 Å². The van der Waals surface area contributed by atoms with Gasteiger partial charge in [0, 0.05) is 12.5 Å². The third-order valence-electron chi connectivity index (χ3n) is 4.63. The summed E-state index contributed by atoms with van der Waals surface area (Å²) in [5.41, 5.74) is 3.29. The molecular formula is C22H27N3OS. The van der Waals surface area contributed by atoms with Crippen molar-refractivity contribution in [1.82, 2.24) is 14.9 Å². The molecule has 0 bridgehead atoms. The highest BCUT2D eigenvalue weighted by Gasteiger charge is 2.23. The summed E-state index contributed by atoms with van der Waals surface area (Å²) in [6.45, 7) is 4.59. The minimum Gasteiger partial charge on any atom is -0.346 e. The molecule has 1 N–H and O–H groups in total. The molecule has 1 atom stereocenters. The Hall–Kier alpha value is -2.27. The summed E-state index contributed by atoms with van der Waals surface area (Å²) in [6.07, 6.45) is 2.95. The van der Waals surface area contributed by atoms with Crippen LogP contribution in [-0.2, 0) is 11.3 Å². The molecule has 1 aromatic heterocycles. The quantitative estimate of drug-likeness (QED) is 0.618. The van der Waals surface area contributed by atoms with E-state index in [0.29, 0.717) is 0 Å². The van der Waals surface area contributed by atoms with Crippen LogP contribution < -0.4 is 5.32 Å². The molecule has 0 radical (unpaired) electrons. The average Bonchev–Trinajstić information content (AvgIpc) is 3.04. The molecule has 1 amide bonds. The van der Waals surface area contributed by atoms with Crippen LogP contribution in [0.15, 0.2) is 54.6 Å². The van der Waals surface area contributed by atoms with Crippen LogP contribution in [0.3, 0.4) is 0 Å². The molecular weight excluding hydrogens is 354 g/mol. The normalized spacial score (nSPS) is 12.4. The predicted octanol–water partition coefficient (Wildman–Crippen LogP) is 4.65. The smallest absolute Gasteiger partial charge is 0.223 e. The topological polar surface area (TPSA) is 46.9 Å². The van der Waals surface area contributed by atoms with Gasteiger partial charge in [-0.3, -0.25) is 4.79 Å². The molecule has 0 spiro atoms. The molecule has 1 heterocycles. The lowest BCUT2D eigenvalue weighted by Crippen LogP contribution is -2.34. The number of rotatable bonds is 8. The summed E-state index contributed by atoms with van der Waals surface area (Å²) in [5.74, 6) is 1.92.